The molecule has 17 heavy (non-hydrogen) atoms. The zero-order valence-corrected chi connectivity index (χ0v) is 10.4. The van der Waals surface area contributed by atoms with Gasteiger partial charge in [-0.2, -0.15) is 0 Å². The molecule has 1 aliphatic heterocycles. The lowest BCUT2D eigenvalue weighted by Gasteiger charge is -2.32. The number of hydrogen-bond acceptors (Lipinski definition) is 4. The van der Waals surface area contributed by atoms with Crippen molar-refractivity contribution in [2.24, 2.45) is 0 Å². The van der Waals surface area contributed by atoms with E-state index < -0.39 is 11.7 Å². The van der Waals surface area contributed by atoms with Crippen molar-refractivity contribution in [3.05, 3.63) is 0 Å². The SMILES string of the molecule is CN(CC1(O)CCCC1)C(=O)C1COCCO1. The molecule has 2 aliphatic rings. The Balaban J connectivity index is 1.85. The Hall–Kier alpha value is -0.650. The van der Waals surface area contributed by atoms with Crippen LogP contribution in [0.4, 0.5) is 0 Å². The maximum atomic E-state index is 12.0. The molecule has 2 rings (SSSR count). The summed E-state index contributed by atoms with van der Waals surface area (Å²) in [7, 11) is 1.72. The highest BCUT2D eigenvalue weighted by Crippen LogP contribution is 2.30. The van der Waals surface area contributed by atoms with E-state index in [2.05, 4.69) is 0 Å². The van der Waals surface area contributed by atoms with E-state index in [-0.39, 0.29) is 5.91 Å². The molecule has 1 saturated heterocycles. The van der Waals surface area contributed by atoms with Gasteiger partial charge in [-0.3, -0.25) is 4.79 Å². The van der Waals surface area contributed by atoms with Gasteiger partial charge in [0.05, 0.1) is 25.4 Å². The van der Waals surface area contributed by atoms with Gasteiger partial charge in [-0.05, 0) is 12.8 Å². The molecule has 5 nitrogen and oxygen atoms in total. The van der Waals surface area contributed by atoms with Crippen LogP contribution < -0.4 is 0 Å². The monoisotopic (exact) mass is 243 g/mol. The van der Waals surface area contributed by atoms with E-state index in [1.165, 1.54) is 0 Å². The van der Waals surface area contributed by atoms with Crippen molar-refractivity contribution in [3.8, 4) is 0 Å². The van der Waals surface area contributed by atoms with Crippen molar-refractivity contribution < 1.29 is 19.4 Å². The number of ether oxygens (including phenoxy) is 2. The van der Waals surface area contributed by atoms with Crippen LogP contribution in [0.1, 0.15) is 25.7 Å². The van der Waals surface area contributed by atoms with E-state index in [0.29, 0.717) is 26.4 Å². The number of nitrogens with zero attached hydrogens (tertiary/aromatic N) is 1. The zero-order valence-electron chi connectivity index (χ0n) is 10.4. The summed E-state index contributed by atoms with van der Waals surface area (Å²) in [6, 6.07) is 0. The molecule has 0 bridgehead atoms. The van der Waals surface area contributed by atoms with Crippen LogP contribution in [-0.4, -0.2) is 61.0 Å². The third kappa shape index (κ3) is 3.18. The minimum atomic E-state index is -0.695. The molecule has 0 aromatic carbocycles. The summed E-state index contributed by atoms with van der Waals surface area (Å²) in [5.41, 5.74) is -0.695. The first-order valence-electron chi connectivity index (χ1n) is 6.27. The normalized spacial score (nSPS) is 28.0. The van der Waals surface area contributed by atoms with Gasteiger partial charge in [-0.25, -0.2) is 0 Å². The minimum absolute atomic E-state index is 0.0926. The fourth-order valence-electron chi connectivity index (χ4n) is 2.59. The molecule has 1 amide bonds. The molecule has 5 heteroatoms. The van der Waals surface area contributed by atoms with Gasteiger partial charge >= 0.3 is 0 Å². The second-order valence-corrected chi connectivity index (χ2v) is 5.06. The molecule has 98 valence electrons. The van der Waals surface area contributed by atoms with E-state index in [1.54, 1.807) is 11.9 Å². The van der Waals surface area contributed by atoms with Crippen LogP contribution in [0.25, 0.3) is 0 Å². The van der Waals surface area contributed by atoms with Crippen LogP contribution in [0.5, 0.6) is 0 Å². The predicted octanol–water partition coefficient (Wildman–Crippen LogP) is 0.165. The minimum Gasteiger partial charge on any atom is -0.388 e. The van der Waals surface area contributed by atoms with Gasteiger partial charge in [0.25, 0.3) is 5.91 Å². The van der Waals surface area contributed by atoms with Gasteiger partial charge in [-0.1, -0.05) is 12.8 Å². The van der Waals surface area contributed by atoms with E-state index in [4.69, 9.17) is 9.47 Å². The van der Waals surface area contributed by atoms with Crippen LogP contribution in [0, 0.1) is 0 Å². The Kier molecular flexibility index (Phi) is 4.01. The second kappa shape index (κ2) is 5.33. The summed E-state index contributed by atoms with van der Waals surface area (Å²) in [4.78, 5) is 13.6. The maximum absolute atomic E-state index is 12.0. The number of carbonyl (C=O) groups excluding carboxylic acids is 1. The van der Waals surface area contributed by atoms with E-state index in [0.717, 1.165) is 25.7 Å². The molecular weight excluding hydrogens is 222 g/mol. The molecular formula is C12H21NO4. The van der Waals surface area contributed by atoms with Crippen molar-refractivity contribution >= 4 is 5.91 Å². The van der Waals surface area contributed by atoms with Crippen LogP contribution in [-0.2, 0) is 14.3 Å². The van der Waals surface area contributed by atoms with E-state index in [1.807, 2.05) is 0 Å². The lowest BCUT2D eigenvalue weighted by Crippen LogP contribution is -2.48. The summed E-state index contributed by atoms with van der Waals surface area (Å²) in [6.45, 7) is 1.74. The van der Waals surface area contributed by atoms with Crippen molar-refractivity contribution in [1.29, 1.82) is 0 Å². The predicted molar refractivity (Wildman–Crippen MR) is 61.6 cm³/mol. The van der Waals surface area contributed by atoms with Gasteiger partial charge in [0.15, 0.2) is 6.10 Å². The lowest BCUT2D eigenvalue weighted by atomic mass is 10.0. The molecule has 2 fully saturated rings. The highest BCUT2D eigenvalue weighted by molar-refractivity contribution is 5.81. The lowest BCUT2D eigenvalue weighted by molar-refractivity contribution is -0.159. The van der Waals surface area contributed by atoms with Crippen LogP contribution in [0.15, 0.2) is 0 Å². The first-order valence-corrected chi connectivity index (χ1v) is 6.27. The van der Waals surface area contributed by atoms with E-state index in [9.17, 15) is 9.90 Å². The molecule has 0 spiro atoms. The number of carbonyl (C=O) groups is 1. The number of hydrogen-bond donors (Lipinski definition) is 1. The van der Waals surface area contributed by atoms with Crippen LogP contribution in [0.2, 0.25) is 0 Å². The maximum Gasteiger partial charge on any atom is 0.253 e. The Labute approximate surface area is 102 Å². The highest BCUT2D eigenvalue weighted by Gasteiger charge is 2.35. The molecule has 0 aromatic rings. The van der Waals surface area contributed by atoms with Gasteiger partial charge in [0.2, 0.25) is 0 Å². The first kappa shape index (κ1) is 12.8. The molecule has 0 aromatic heterocycles. The average molecular weight is 243 g/mol. The van der Waals surface area contributed by atoms with Gasteiger partial charge in [0.1, 0.15) is 0 Å². The second-order valence-electron chi connectivity index (χ2n) is 5.06. The largest absolute Gasteiger partial charge is 0.388 e. The number of amides is 1. The van der Waals surface area contributed by atoms with Gasteiger partial charge < -0.3 is 19.5 Å². The average Bonchev–Trinajstić information content (AvgIpc) is 2.76. The summed E-state index contributed by atoms with van der Waals surface area (Å²) in [6.07, 6.45) is 3.15. The number of rotatable bonds is 3. The Morgan fingerprint density at radius 1 is 1.41 bits per heavy atom. The topological polar surface area (TPSA) is 59.0 Å². The Morgan fingerprint density at radius 3 is 2.71 bits per heavy atom. The summed E-state index contributed by atoms with van der Waals surface area (Å²) in [5.74, 6) is -0.0926. The van der Waals surface area contributed by atoms with Gasteiger partial charge in [0, 0.05) is 13.6 Å². The number of likely N-dealkylation sites (N-methyl/N-ethyl adjacent to an activating group) is 1. The van der Waals surface area contributed by atoms with Crippen LogP contribution in [0.3, 0.4) is 0 Å². The first-order chi connectivity index (χ1) is 8.11. The molecule has 1 aliphatic carbocycles. The molecule has 0 radical (unpaired) electrons. The molecule has 1 unspecified atom stereocenters. The standard InChI is InChI=1S/C12H21NO4/c1-13(9-12(15)4-2-3-5-12)11(14)10-8-16-6-7-17-10/h10,15H,2-9H2,1H3. The summed E-state index contributed by atoms with van der Waals surface area (Å²) < 4.78 is 10.6. The van der Waals surface area contributed by atoms with Crippen molar-refractivity contribution in [2.45, 2.75) is 37.4 Å². The summed E-state index contributed by atoms with van der Waals surface area (Å²) >= 11 is 0. The Bertz CT molecular complexity index is 270. The molecule has 1 heterocycles. The zero-order chi connectivity index (χ0) is 12.3. The molecule has 1 saturated carbocycles. The highest BCUT2D eigenvalue weighted by atomic mass is 16.6. The van der Waals surface area contributed by atoms with Gasteiger partial charge in [-0.15, -0.1) is 0 Å². The number of aliphatic hydroxyl groups is 1. The fourth-order valence-corrected chi connectivity index (χ4v) is 2.59. The quantitative estimate of drug-likeness (QED) is 0.767. The van der Waals surface area contributed by atoms with Crippen molar-refractivity contribution in [3.63, 3.8) is 0 Å². The summed E-state index contributed by atoms with van der Waals surface area (Å²) in [5, 5.41) is 10.2. The van der Waals surface area contributed by atoms with E-state index >= 15 is 0 Å². The smallest absolute Gasteiger partial charge is 0.253 e. The van der Waals surface area contributed by atoms with Crippen molar-refractivity contribution in [2.75, 3.05) is 33.4 Å². The fraction of sp³-hybridized carbons (Fsp3) is 0.917. The third-order valence-electron chi connectivity index (χ3n) is 3.53. The molecule has 1 N–H and O–H groups in total. The Morgan fingerprint density at radius 2 is 2.12 bits per heavy atom. The third-order valence-corrected chi connectivity index (χ3v) is 3.53. The molecule has 1 atom stereocenters. The van der Waals surface area contributed by atoms with Crippen LogP contribution >= 0.6 is 0 Å². The van der Waals surface area contributed by atoms with Crippen molar-refractivity contribution in [1.82, 2.24) is 4.90 Å².